The Hall–Kier alpha value is -0.190. The molecule has 4 heteroatoms. The fourth-order valence-electron chi connectivity index (χ4n) is 2.27. The van der Waals surface area contributed by atoms with Crippen molar-refractivity contribution in [3.05, 3.63) is 27.7 Å². The Balaban J connectivity index is 1.89. The highest BCUT2D eigenvalue weighted by Crippen LogP contribution is 2.32. The van der Waals surface area contributed by atoms with E-state index in [9.17, 15) is 0 Å². The van der Waals surface area contributed by atoms with Crippen molar-refractivity contribution in [2.75, 3.05) is 18.1 Å². The molecule has 2 nitrogen and oxygen atoms in total. The van der Waals surface area contributed by atoms with Crippen molar-refractivity contribution in [1.29, 1.82) is 0 Å². The van der Waals surface area contributed by atoms with Crippen molar-refractivity contribution in [3.63, 3.8) is 0 Å². The summed E-state index contributed by atoms with van der Waals surface area (Å²) in [6.07, 6.45) is 2.25. The van der Waals surface area contributed by atoms with E-state index in [2.05, 4.69) is 47.2 Å². The van der Waals surface area contributed by atoms with Gasteiger partial charge in [0.1, 0.15) is 5.75 Å². The molecular formula is C15H22BrNOS. The summed E-state index contributed by atoms with van der Waals surface area (Å²) in [5.74, 6) is 3.54. The van der Waals surface area contributed by atoms with Crippen LogP contribution in [0.25, 0.3) is 0 Å². The normalized spacial score (nSPS) is 15.1. The molecule has 106 valence electrons. The minimum absolute atomic E-state index is 0.551. The number of fused-ring (bicyclic) bond motifs is 1. The van der Waals surface area contributed by atoms with Crippen LogP contribution >= 0.6 is 27.7 Å². The Morgan fingerprint density at radius 1 is 1.47 bits per heavy atom. The van der Waals surface area contributed by atoms with Gasteiger partial charge in [0, 0.05) is 29.0 Å². The lowest BCUT2D eigenvalue weighted by Gasteiger charge is -2.15. The molecule has 1 aromatic carbocycles. The van der Waals surface area contributed by atoms with E-state index in [0.717, 1.165) is 29.8 Å². The highest BCUT2D eigenvalue weighted by Gasteiger charge is 2.17. The second kappa shape index (κ2) is 7.55. The molecule has 1 atom stereocenters. The summed E-state index contributed by atoms with van der Waals surface area (Å²) in [6, 6.07) is 4.90. The summed E-state index contributed by atoms with van der Waals surface area (Å²) >= 11 is 5.60. The van der Waals surface area contributed by atoms with Crippen molar-refractivity contribution in [1.82, 2.24) is 5.32 Å². The minimum Gasteiger partial charge on any atom is -0.493 e. The molecule has 0 aromatic heterocycles. The summed E-state index contributed by atoms with van der Waals surface area (Å²) in [7, 11) is 0. The number of halogens is 1. The average molecular weight is 344 g/mol. The Morgan fingerprint density at radius 2 is 2.32 bits per heavy atom. The van der Waals surface area contributed by atoms with E-state index in [-0.39, 0.29) is 0 Å². The Bertz CT molecular complexity index is 425. The van der Waals surface area contributed by atoms with Gasteiger partial charge in [0.15, 0.2) is 0 Å². The lowest BCUT2D eigenvalue weighted by molar-refractivity contribution is 0.351. The van der Waals surface area contributed by atoms with E-state index in [1.54, 1.807) is 0 Å². The third-order valence-electron chi connectivity index (χ3n) is 3.37. The van der Waals surface area contributed by atoms with Gasteiger partial charge in [-0.05, 0) is 42.5 Å². The Kier molecular flexibility index (Phi) is 6.05. The number of ether oxygens (including phenoxy) is 1. The molecule has 0 fully saturated rings. The number of benzene rings is 1. The maximum Gasteiger partial charge on any atom is 0.127 e. The standard InChI is InChI=1S/C15H22BrNOS/c1-3-19-7-5-11(2)17-10-13-9-14(16)8-12-4-6-18-15(12)13/h8-9,11,17H,3-7,10H2,1-2H3. The largest absolute Gasteiger partial charge is 0.493 e. The minimum atomic E-state index is 0.551. The molecule has 0 spiro atoms. The van der Waals surface area contributed by atoms with Crippen molar-refractivity contribution in [2.45, 2.75) is 39.3 Å². The third kappa shape index (κ3) is 4.40. The molecule has 0 aliphatic carbocycles. The van der Waals surface area contributed by atoms with E-state index in [4.69, 9.17) is 4.74 Å². The van der Waals surface area contributed by atoms with Crippen molar-refractivity contribution in [3.8, 4) is 5.75 Å². The van der Waals surface area contributed by atoms with Crippen LogP contribution in [0.1, 0.15) is 31.4 Å². The zero-order valence-corrected chi connectivity index (χ0v) is 14.1. The molecule has 1 unspecified atom stereocenters. The van der Waals surface area contributed by atoms with Crippen molar-refractivity contribution < 1.29 is 4.74 Å². The van der Waals surface area contributed by atoms with E-state index < -0.39 is 0 Å². The monoisotopic (exact) mass is 343 g/mol. The van der Waals surface area contributed by atoms with Gasteiger partial charge >= 0.3 is 0 Å². The number of hydrogen-bond acceptors (Lipinski definition) is 3. The molecule has 2 rings (SSSR count). The lowest BCUT2D eigenvalue weighted by Crippen LogP contribution is -2.26. The topological polar surface area (TPSA) is 21.3 Å². The highest BCUT2D eigenvalue weighted by molar-refractivity contribution is 9.10. The van der Waals surface area contributed by atoms with Crippen LogP contribution in [0.15, 0.2) is 16.6 Å². The van der Waals surface area contributed by atoms with E-state index in [1.807, 2.05) is 11.8 Å². The molecule has 0 amide bonds. The first-order valence-corrected chi connectivity index (χ1v) is 8.90. The smallest absolute Gasteiger partial charge is 0.127 e. The first kappa shape index (κ1) is 15.2. The maximum absolute atomic E-state index is 5.75. The molecule has 0 radical (unpaired) electrons. The van der Waals surface area contributed by atoms with Crippen LogP contribution in [-0.4, -0.2) is 24.2 Å². The Labute approximate surface area is 128 Å². The summed E-state index contributed by atoms with van der Waals surface area (Å²) < 4.78 is 6.91. The highest BCUT2D eigenvalue weighted by atomic mass is 79.9. The fraction of sp³-hybridized carbons (Fsp3) is 0.600. The number of rotatable bonds is 7. The van der Waals surface area contributed by atoms with Gasteiger partial charge in [-0.1, -0.05) is 22.9 Å². The zero-order valence-electron chi connectivity index (χ0n) is 11.7. The predicted molar refractivity (Wildman–Crippen MR) is 87.3 cm³/mol. The fourth-order valence-corrected chi connectivity index (χ4v) is 3.63. The quantitative estimate of drug-likeness (QED) is 0.756. The van der Waals surface area contributed by atoms with Crippen LogP contribution in [0.3, 0.4) is 0 Å². The van der Waals surface area contributed by atoms with Gasteiger partial charge in [-0.2, -0.15) is 11.8 Å². The molecule has 19 heavy (non-hydrogen) atoms. The van der Waals surface area contributed by atoms with Crippen molar-refractivity contribution >= 4 is 27.7 Å². The SMILES string of the molecule is CCSCCC(C)NCc1cc(Br)cc2c1OCC2. The summed E-state index contributed by atoms with van der Waals surface area (Å²) in [5, 5.41) is 3.60. The van der Waals surface area contributed by atoms with Gasteiger partial charge in [0.05, 0.1) is 6.61 Å². The van der Waals surface area contributed by atoms with Crippen LogP contribution in [0.5, 0.6) is 5.75 Å². The van der Waals surface area contributed by atoms with Crippen LogP contribution in [-0.2, 0) is 13.0 Å². The van der Waals surface area contributed by atoms with Gasteiger partial charge in [-0.3, -0.25) is 0 Å². The van der Waals surface area contributed by atoms with Gasteiger partial charge in [-0.15, -0.1) is 0 Å². The van der Waals surface area contributed by atoms with Gasteiger partial charge in [0.2, 0.25) is 0 Å². The summed E-state index contributed by atoms with van der Waals surface area (Å²) in [6.45, 7) is 6.18. The van der Waals surface area contributed by atoms with Crippen LogP contribution in [0, 0.1) is 0 Å². The molecule has 1 aliphatic heterocycles. The van der Waals surface area contributed by atoms with Gasteiger partial charge < -0.3 is 10.1 Å². The first-order chi connectivity index (χ1) is 9.20. The molecule has 0 bridgehead atoms. The molecule has 1 aromatic rings. The molecule has 0 saturated carbocycles. The maximum atomic E-state index is 5.75. The average Bonchev–Trinajstić information content (AvgIpc) is 2.84. The number of thioether (sulfide) groups is 1. The van der Waals surface area contributed by atoms with E-state index in [0.29, 0.717) is 6.04 Å². The van der Waals surface area contributed by atoms with Crippen LogP contribution in [0.2, 0.25) is 0 Å². The summed E-state index contributed by atoms with van der Waals surface area (Å²) in [5.41, 5.74) is 2.61. The van der Waals surface area contributed by atoms with Crippen LogP contribution in [0.4, 0.5) is 0 Å². The van der Waals surface area contributed by atoms with Crippen molar-refractivity contribution in [2.24, 2.45) is 0 Å². The van der Waals surface area contributed by atoms with E-state index in [1.165, 1.54) is 29.1 Å². The predicted octanol–water partition coefficient (Wildman–Crippen LogP) is 4.01. The number of nitrogens with one attached hydrogen (secondary N) is 1. The van der Waals surface area contributed by atoms with Crippen LogP contribution < -0.4 is 10.1 Å². The molecular weight excluding hydrogens is 322 g/mol. The second-order valence-corrected chi connectivity index (χ2v) is 7.23. The molecule has 1 N–H and O–H groups in total. The lowest BCUT2D eigenvalue weighted by atomic mass is 10.1. The Morgan fingerprint density at radius 3 is 3.11 bits per heavy atom. The summed E-state index contributed by atoms with van der Waals surface area (Å²) in [4.78, 5) is 0. The van der Waals surface area contributed by atoms with E-state index >= 15 is 0 Å². The zero-order chi connectivity index (χ0) is 13.7. The molecule has 1 heterocycles. The molecule has 1 aliphatic rings. The van der Waals surface area contributed by atoms with Gasteiger partial charge in [0.25, 0.3) is 0 Å². The third-order valence-corrected chi connectivity index (χ3v) is 4.76. The second-order valence-electron chi connectivity index (χ2n) is 4.92. The number of hydrogen-bond donors (Lipinski definition) is 1. The first-order valence-electron chi connectivity index (χ1n) is 6.96. The van der Waals surface area contributed by atoms with Gasteiger partial charge in [-0.25, -0.2) is 0 Å². The molecule has 0 saturated heterocycles.